The largest absolute Gasteiger partial charge is 0.363 e. The summed E-state index contributed by atoms with van der Waals surface area (Å²) in [6.07, 6.45) is 1.20. The van der Waals surface area contributed by atoms with Gasteiger partial charge in [0.1, 0.15) is 16.9 Å². The third-order valence-corrected chi connectivity index (χ3v) is 4.35. The Morgan fingerprint density at radius 3 is 2.28 bits per heavy atom. The SMILES string of the molecule is CC(C)(C)c1nocc1S(=O)(=O)c1ccccc1. The molecular weight excluding hydrogens is 250 g/mol. The number of hydrogen-bond donors (Lipinski definition) is 0. The molecule has 0 unspecified atom stereocenters. The fourth-order valence-electron chi connectivity index (χ4n) is 1.65. The van der Waals surface area contributed by atoms with Gasteiger partial charge in [-0.15, -0.1) is 0 Å². The minimum Gasteiger partial charge on any atom is -0.363 e. The van der Waals surface area contributed by atoms with Gasteiger partial charge in [-0.2, -0.15) is 0 Å². The molecule has 1 heterocycles. The maximum atomic E-state index is 12.5. The van der Waals surface area contributed by atoms with E-state index < -0.39 is 9.84 Å². The van der Waals surface area contributed by atoms with E-state index in [0.29, 0.717) is 5.69 Å². The molecular formula is C13H15NO3S. The molecule has 18 heavy (non-hydrogen) atoms. The normalized spacial score (nSPS) is 12.6. The molecule has 0 spiro atoms. The van der Waals surface area contributed by atoms with E-state index in [1.54, 1.807) is 30.3 Å². The lowest BCUT2D eigenvalue weighted by Gasteiger charge is -2.16. The Labute approximate surface area is 107 Å². The molecule has 0 saturated heterocycles. The highest BCUT2D eigenvalue weighted by Crippen LogP contribution is 2.31. The zero-order valence-corrected chi connectivity index (χ0v) is 11.4. The van der Waals surface area contributed by atoms with Gasteiger partial charge in [0.25, 0.3) is 0 Å². The molecule has 1 aromatic carbocycles. The molecule has 96 valence electrons. The van der Waals surface area contributed by atoms with E-state index in [0.717, 1.165) is 0 Å². The smallest absolute Gasteiger partial charge is 0.211 e. The van der Waals surface area contributed by atoms with Crippen LogP contribution in [0.5, 0.6) is 0 Å². The molecule has 0 amide bonds. The van der Waals surface area contributed by atoms with Crippen LogP contribution in [0, 0.1) is 0 Å². The first-order valence-corrected chi connectivity index (χ1v) is 7.07. The van der Waals surface area contributed by atoms with Crippen LogP contribution in [0.15, 0.2) is 50.9 Å². The fraction of sp³-hybridized carbons (Fsp3) is 0.308. The van der Waals surface area contributed by atoms with Crippen molar-refractivity contribution in [3.05, 3.63) is 42.3 Å². The second kappa shape index (κ2) is 4.24. The molecule has 0 aliphatic carbocycles. The summed E-state index contributed by atoms with van der Waals surface area (Å²) in [4.78, 5) is 0.389. The van der Waals surface area contributed by atoms with Crippen LogP contribution in [0.25, 0.3) is 0 Å². The average molecular weight is 265 g/mol. The van der Waals surface area contributed by atoms with Crippen molar-refractivity contribution in [3.8, 4) is 0 Å². The van der Waals surface area contributed by atoms with Crippen molar-refractivity contribution < 1.29 is 12.9 Å². The number of rotatable bonds is 2. The molecule has 0 atom stereocenters. The van der Waals surface area contributed by atoms with Crippen LogP contribution in [-0.4, -0.2) is 13.6 Å². The minimum atomic E-state index is -3.57. The summed E-state index contributed by atoms with van der Waals surface area (Å²) in [6, 6.07) is 8.29. The summed E-state index contributed by atoms with van der Waals surface area (Å²) in [5.41, 5.74) is 0.0656. The standard InChI is InChI=1S/C13H15NO3S/c1-13(2,3)12-11(9-17-14-12)18(15,16)10-7-5-4-6-8-10/h4-9H,1-3H3. The van der Waals surface area contributed by atoms with E-state index in [-0.39, 0.29) is 15.2 Å². The van der Waals surface area contributed by atoms with Crippen molar-refractivity contribution in [2.45, 2.75) is 36.0 Å². The topological polar surface area (TPSA) is 60.2 Å². The molecule has 0 aliphatic heterocycles. The number of benzene rings is 1. The Kier molecular flexibility index (Phi) is 3.02. The molecule has 1 aromatic heterocycles. The second-order valence-corrected chi connectivity index (χ2v) is 7.01. The van der Waals surface area contributed by atoms with Crippen molar-refractivity contribution in [1.29, 1.82) is 0 Å². The molecule has 0 saturated carbocycles. The predicted molar refractivity (Wildman–Crippen MR) is 67.1 cm³/mol. The van der Waals surface area contributed by atoms with Crippen molar-refractivity contribution in [2.75, 3.05) is 0 Å². The first-order chi connectivity index (χ1) is 8.33. The summed E-state index contributed by atoms with van der Waals surface area (Å²) < 4.78 is 29.8. The van der Waals surface area contributed by atoms with Crippen LogP contribution in [0.3, 0.4) is 0 Å². The predicted octanol–water partition coefficient (Wildman–Crippen LogP) is 2.80. The van der Waals surface area contributed by atoms with E-state index in [2.05, 4.69) is 5.16 Å². The molecule has 4 nitrogen and oxygen atoms in total. The summed E-state index contributed by atoms with van der Waals surface area (Å²) in [6.45, 7) is 5.69. The number of nitrogens with zero attached hydrogens (tertiary/aromatic N) is 1. The maximum Gasteiger partial charge on any atom is 0.211 e. The highest BCUT2D eigenvalue weighted by Gasteiger charge is 2.30. The summed E-state index contributed by atoms with van der Waals surface area (Å²) >= 11 is 0. The quantitative estimate of drug-likeness (QED) is 0.837. The molecule has 0 radical (unpaired) electrons. The Balaban J connectivity index is 2.60. The van der Waals surface area contributed by atoms with E-state index in [4.69, 9.17) is 4.52 Å². The van der Waals surface area contributed by atoms with Gasteiger partial charge in [0.2, 0.25) is 9.84 Å². The van der Waals surface area contributed by atoms with Gasteiger partial charge in [-0.25, -0.2) is 8.42 Å². The van der Waals surface area contributed by atoms with E-state index >= 15 is 0 Å². The molecule has 5 heteroatoms. The summed E-state index contributed by atoms with van der Waals surface area (Å²) in [5.74, 6) is 0. The van der Waals surface area contributed by atoms with Crippen LogP contribution in [-0.2, 0) is 15.3 Å². The van der Waals surface area contributed by atoms with E-state index in [1.807, 2.05) is 20.8 Å². The fourth-order valence-corrected chi connectivity index (χ4v) is 3.19. The van der Waals surface area contributed by atoms with Gasteiger partial charge in [0.15, 0.2) is 0 Å². The Bertz CT molecular complexity index is 636. The van der Waals surface area contributed by atoms with Gasteiger partial charge in [-0.3, -0.25) is 0 Å². The number of sulfone groups is 1. The van der Waals surface area contributed by atoms with Crippen LogP contribution < -0.4 is 0 Å². The lowest BCUT2D eigenvalue weighted by Crippen LogP contribution is -2.16. The Hall–Kier alpha value is -1.62. The van der Waals surface area contributed by atoms with Gasteiger partial charge in [-0.05, 0) is 12.1 Å². The third-order valence-electron chi connectivity index (χ3n) is 2.59. The number of aromatic nitrogens is 1. The lowest BCUT2D eigenvalue weighted by atomic mass is 9.92. The van der Waals surface area contributed by atoms with Gasteiger partial charge in [-0.1, -0.05) is 44.1 Å². The summed E-state index contributed by atoms with van der Waals surface area (Å²) in [5, 5.41) is 3.83. The van der Waals surface area contributed by atoms with Gasteiger partial charge in [0, 0.05) is 5.41 Å². The van der Waals surface area contributed by atoms with Crippen molar-refractivity contribution in [2.24, 2.45) is 0 Å². The third kappa shape index (κ3) is 2.18. The molecule has 2 rings (SSSR count). The van der Waals surface area contributed by atoms with Crippen molar-refractivity contribution in [3.63, 3.8) is 0 Å². The monoisotopic (exact) mass is 265 g/mol. The van der Waals surface area contributed by atoms with Crippen LogP contribution in [0.1, 0.15) is 26.5 Å². The van der Waals surface area contributed by atoms with Gasteiger partial charge >= 0.3 is 0 Å². The minimum absolute atomic E-state index is 0.140. The van der Waals surface area contributed by atoms with Gasteiger partial charge < -0.3 is 4.52 Å². The number of hydrogen-bond acceptors (Lipinski definition) is 4. The Morgan fingerprint density at radius 2 is 1.72 bits per heavy atom. The first-order valence-electron chi connectivity index (χ1n) is 5.58. The van der Waals surface area contributed by atoms with Crippen molar-refractivity contribution >= 4 is 9.84 Å². The second-order valence-electron chi connectivity index (χ2n) is 5.09. The van der Waals surface area contributed by atoms with Crippen LogP contribution in [0.4, 0.5) is 0 Å². The molecule has 0 bridgehead atoms. The van der Waals surface area contributed by atoms with Crippen LogP contribution in [0.2, 0.25) is 0 Å². The molecule has 0 fully saturated rings. The van der Waals surface area contributed by atoms with Crippen molar-refractivity contribution in [1.82, 2.24) is 5.16 Å². The van der Waals surface area contributed by atoms with Gasteiger partial charge in [0.05, 0.1) is 4.90 Å². The highest BCUT2D eigenvalue weighted by molar-refractivity contribution is 7.91. The maximum absolute atomic E-state index is 12.5. The van der Waals surface area contributed by atoms with E-state index in [1.165, 1.54) is 6.26 Å². The average Bonchev–Trinajstić information content (AvgIpc) is 2.79. The lowest BCUT2D eigenvalue weighted by molar-refractivity contribution is 0.393. The summed E-state index contributed by atoms with van der Waals surface area (Å²) in [7, 11) is -3.57. The molecule has 2 aromatic rings. The highest BCUT2D eigenvalue weighted by atomic mass is 32.2. The Morgan fingerprint density at radius 1 is 1.11 bits per heavy atom. The van der Waals surface area contributed by atoms with Crippen LogP contribution >= 0.6 is 0 Å². The zero-order chi connectivity index (χ0) is 13.4. The first kappa shape index (κ1) is 12.8. The zero-order valence-electron chi connectivity index (χ0n) is 10.5. The molecule has 0 aliphatic rings. The van der Waals surface area contributed by atoms with E-state index in [9.17, 15) is 8.42 Å². The molecule has 0 N–H and O–H groups in total.